The van der Waals surface area contributed by atoms with Gasteiger partial charge in [0.25, 0.3) is 0 Å². The molecule has 2 N–H and O–H groups in total. The van der Waals surface area contributed by atoms with E-state index in [-0.39, 0.29) is 18.0 Å². The molecule has 7 heteroatoms. The van der Waals surface area contributed by atoms with Crippen LogP contribution in [0.2, 0.25) is 0 Å². The number of carbonyl (C=O) groups excluding carboxylic acids is 1. The second-order valence-corrected chi connectivity index (χ2v) is 5.81. The van der Waals surface area contributed by atoms with Gasteiger partial charge in [0.05, 0.1) is 18.4 Å². The van der Waals surface area contributed by atoms with Gasteiger partial charge in [-0.3, -0.25) is 4.79 Å². The zero-order valence-corrected chi connectivity index (χ0v) is 12.6. The summed E-state index contributed by atoms with van der Waals surface area (Å²) in [6.45, 7) is -0.0452. The minimum Gasteiger partial charge on any atom is -0.467 e. The molecule has 0 radical (unpaired) electrons. The predicted octanol–water partition coefficient (Wildman–Crippen LogP) is 3.25. The summed E-state index contributed by atoms with van der Waals surface area (Å²) < 4.78 is 44.1. The highest BCUT2D eigenvalue weighted by Gasteiger charge is 2.47. The number of benzene rings is 1. The lowest BCUT2D eigenvalue weighted by Crippen LogP contribution is -2.30. The Morgan fingerprint density at radius 1 is 1.29 bits per heavy atom. The number of rotatable bonds is 5. The number of carbonyl (C=O) groups is 1. The number of aliphatic hydroxyl groups excluding tert-OH is 1. The fourth-order valence-corrected chi connectivity index (χ4v) is 2.82. The Kier molecular flexibility index (Phi) is 4.36. The summed E-state index contributed by atoms with van der Waals surface area (Å²) in [7, 11) is 0. The summed E-state index contributed by atoms with van der Waals surface area (Å²) in [6, 6.07) is 8.52. The van der Waals surface area contributed by atoms with Crippen molar-refractivity contribution in [3.05, 3.63) is 59.5 Å². The molecule has 4 nitrogen and oxygen atoms in total. The van der Waals surface area contributed by atoms with Crippen molar-refractivity contribution in [1.29, 1.82) is 0 Å². The van der Waals surface area contributed by atoms with Gasteiger partial charge in [-0.2, -0.15) is 13.2 Å². The van der Waals surface area contributed by atoms with E-state index in [0.29, 0.717) is 12.2 Å². The molecule has 1 aromatic carbocycles. The number of nitrogens with one attached hydrogen (secondary N) is 1. The van der Waals surface area contributed by atoms with Crippen molar-refractivity contribution in [2.45, 2.75) is 24.6 Å². The smallest absolute Gasteiger partial charge is 0.416 e. The molecule has 1 aliphatic rings. The lowest BCUT2D eigenvalue weighted by Gasteiger charge is -2.13. The van der Waals surface area contributed by atoms with Crippen LogP contribution in [-0.2, 0) is 11.0 Å². The molecule has 2 aromatic rings. The SMILES string of the molecule is O=C(NCC(O)c1ccco1)C1CC1c1ccccc1C(F)(F)F. The maximum atomic E-state index is 13.0. The highest BCUT2D eigenvalue weighted by atomic mass is 19.4. The van der Waals surface area contributed by atoms with Gasteiger partial charge < -0.3 is 14.8 Å². The van der Waals surface area contributed by atoms with Gasteiger partial charge >= 0.3 is 6.18 Å². The quantitative estimate of drug-likeness (QED) is 0.879. The number of aliphatic hydroxyl groups is 1. The van der Waals surface area contributed by atoms with E-state index in [1.807, 2.05) is 0 Å². The molecule has 1 aromatic heterocycles. The van der Waals surface area contributed by atoms with Crippen LogP contribution in [-0.4, -0.2) is 17.6 Å². The molecule has 1 heterocycles. The molecule has 24 heavy (non-hydrogen) atoms. The van der Waals surface area contributed by atoms with E-state index in [1.165, 1.54) is 18.4 Å². The minimum atomic E-state index is -4.43. The zero-order valence-electron chi connectivity index (χ0n) is 12.6. The molecule has 3 rings (SSSR count). The van der Waals surface area contributed by atoms with Crippen LogP contribution in [0.1, 0.15) is 35.3 Å². The molecule has 128 valence electrons. The summed E-state index contributed by atoms with van der Waals surface area (Å²) >= 11 is 0. The van der Waals surface area contributed by atoms with Crippen LogP contribution in [0.3, 0.4) is 0 Å². The van der Waals surface area contributed by atoms with Crippen molar-refractivity contribution in [1.82, 2.24) is 5.32 Å². The first-order chi connectivity index (χ1) is 11.4. The molecular weight excluding hydrogens is 323 g/mol. The number of amides is 1. The van der Waals surface area contributed by atoms with Crippen LogP contribution in [0, 0.1) is 5.92 Å². The Labute approximate surface area is 136 Å². The van der Waals surface area contributed by atoms with Gasteiger partial charge in [0.15, 0.2) is 0 Å². The van der Waals surface area contributed by atoms with Gasteiger partial charge in [-0.15, -0.1) is 0 Å². The highest BCUT2D eigenvalue weighted by Crippen LogP contribution is 2.51. The second kappa shape index (κ2) is 6.32. The monoisotopic (exact) mass is 339 g/mol. The van der Waals surface area contributed by atoms with Crippen molar-refractivity contribution in [2.24, 2.45) is 5.92 Å². The number of alkyl halides is 3. The summed E-state index contributed by atoms with van der Waals surface area (Å²) in [5.41, 5.74) is -0.544. The van der Waals surface area contributed by atoms with Gasteiger partial charge in [-0.05, 0) is 36.1 Å². The van der Waals surface area contributed by atoms with Crippen molar-refractivity contribution >= 4 is 5.91 Å². The second-order valence-electron chi connectivity index (χ2n) is 5.81. The van der Waals surface area contributed by atoms with Crippen LogP contribution < -0.4 is 5.32 Å². The first-order valence-corrected chi connectivity index (χ1v) is 7.53. The summed E-state index contributed by atoms with van der Waals surface area (Å²) in [5.74, 6) is -0.978. The average molecular weight is 339 g/mol. The topological polar surface area (TPSA) is 62.5 Å². The number of halogens is 3. The predicted molar refractivity (Wildman–Crippen MR) is 79.0 cm³/mol. The largest absolute Gasteiger partial charge is 0.467 e. The number of furan rings is 1. The van der Waals surface area contributed by atoms with Gasteiger partial charge in [-0.1, -0.05) is 18.2 Å². The molecule has 3 unspecified atom stereocenters. The highest BCUT2D eigenvalue weighted by molar-refractivity contribution is 5.83. The van der Waals surface area contributed by atoms with Crippen LogP contribution in [0.25, 0.3) is 0 Å². The van der Waals surface area contributed by atoms with Crippen molar-refractivity contribution in [3.8, 4) is 0 Å². The average Bonchev–Trinajstić information content (AvgIpc) is 3.16. The Morgan fingerprint density at radius 2 is 2.04 bits per heavy atom. The molecular formula is C17H16F3NO3. The van der Waals surface area contributed by atoms with Gasteiger partial charge in [0.2, 0.25) is 5.91 Å². The van der Waals surface area contributed by atoms with Crippen LogP contribution in [0.4, 0.5) is 13.2 Å². The zero-order chi connectivity index (χ0) is 17.3. The Bertz CT molecular complexity index is 712. The molecule has 3 atom stereocenters. The van der Waals surface area contributed by atoms with Crippen molar-refractivity contribution in [3.63, 3.8) is 0 Å². The van der Waals surface area contributed by atoms with E-state index in [4.69, 9.17) is 4.42 Å². The van der Waals surface area contributed by atoms with Gasteiger partial charge in [-0.25, -0.2) is 0 Å². The molecule has 1 amide bonds. The van der Waals surface area contributed by atoms with E-state index in [0.717, 1.165) is 6.07 Å². The first kappa shape index (κ1) is 16.6. The molecule has 0 bridgehead atoms. The fraction of sp³-hybridized carbons (Fsp3) is 0.353. The van der Waals surface area contributed by atoms with E-state index < -0.39 is 29.7 Å². The number of hydrogen-bond acceptors (Lipinski definition) is 3. The van der Waals surface area contributed by atoms with Crippen LogP contribution in [0.5, 0.6) is 0 Å². The lowest BCUT2D eigenvalue weighted by atomic mass is 10.0. The molecule has 0 saturated heterocycles. The van der Waals surface area contributed by atoms with Crippen molar-refractivity contribution in [2.75, 3.05) is 6.54 Å². The number of hydrogen-bond donors (Lipinski definition) is 2. The summed E-state index contributed by atoms with van der Waals surface area (Å²) in [4.78, 5) is 12.1. The van der Waals surface area contributed by atoms with E-state index in [1.54, 1.807) is 18.2 Å². The third kappa shape index (κ3) is 3.46. The Balaban J connectivity index is 1.60. The van der Waals surface area contributed by atoms with Crippen LogP contribution >= 0.6 is 0 Å². The standard InChI is InChI=1S/C17H16F3NO3/c18-17(19,20)13-5-2-1-4-10(13)11-8-12(11)16(23)21-9-14(22)15-6-3-7-24-15/h1-7,11-12,14,22H,8-9H2,(H,21,23). The van der Waals surface area contributed by atoms with Gasteiger partial charge in [0.1, 0.15) is 11.9 Å². The Morgan fingerprint density at radius 3 is 2.71 bits per heavy atom. The fourth-order valence-electron chi connectivity index (χ4n) is 2.82. The van der Waals surface area contributed by atoms with E-state index >= 15 is 0 Å². The van der Waals surface area contributed by atoms with Crippen molar-refractivity contribution < 1.29 is 27.5 Å². The third-order valence-electron chi connectivity index (χ3n) is 4.13. The van der Waals surface area contributed by atoms with E-state index in [2.05, 4.69) is 5.32 Å². The molecule has 1 saturated carbocycles. The lowest BCUT2D eigenvalue weighted by molar-refractivity contribution is -0.138. The summed E-state index contributed by atoms with van der Waals surface area (Å²) in [5, 5.41) is 12.4. The molecule has 1 fully saturated rings. The molecule has 0 spiro atoms. The summed E-state index contributed by atoms with van der Waals surface area (Å²) in [6.07, 6.45) is -3.64. The maximum absolute atomic E-state index is 13.0. The first-order valence-electron chi connectivity index (χ1n) is 7.53. The van der Waals surface area contributed by atoms with Gasteiger partial charge in [0, 0.05) is 5.92 Å². The molecule has 0 aliphatic heterocycles. The molecule has 1 aliphatic carbocycles. The normalized spacial score (nSPS) is 21.3. The maximum Gasteiger partial charge on any atom is 0.416 e. The van der Waals surface area contributed by atoms with E-state index in [9.17, 15) is 23.1 Å². The minimum absolute atomic E-state index is 0.0452. The van der Waals surface area contributed by atoms with Crippen LogP contribution in [0.15, 0.2) is 47.1 Å². The third-order valence-corrected chi connectivity index (χ3v) is 4.13. The Hall–Kier alpha value is -2.28.